The Morgan fingerprint density at radius 2 is 1.87 bits per heavy atom. The monoisotopic (exact) mass is 654 g/mol. The van der Waals surface area contributed by atoms with Gasteiger partial charge in [-0.25, -0.2) is 0 Å². The molecular formula is C15H12I3NO4. The Bertz CT molecular complexity index is 843. The summed E-state index contributed by atoms with van der Waals surface area (Å²) in [5.41, 5.74) is 6.29. The Morgan fingerprint density at radius 1 is 1.26 bits per heavy atom. The highest BCUT2D eigenvalue weighted by Crippen LogP contribution is 2.34. The molecule has 0 aliphatic carbocycles. The molecule has 1 atom stereocenters. The molecule has 0 aliphatic rings. The first-order chi connectivity index (χ1) is 12.0. The summed E-state index contributed by atoms with van der Waals surface area (Å²) < 4.78 is 31.0. The first kappa shape index (κ1) is 15.0. The molecule has 0 bridgehead atoms. The number of carboxylic acids is 1. The third kappa shape index (κ3) is 5.06. The molecule has 2 aromatic rings. The van der Waals surface area contributed by atoms with Gasteiger partial charge in [-0.2, -0.15) is 0 Å². The number of carbonyl (C=O) groups is 1. The Balaban J connectivity index is 2.45. The van der Waals surface area contributed by atoms with E-state index in [1.165, 1.54) is 0 Å². The molecule has 0 radical (unpaired) electrons. The van der Waals surface area contributed by atoms with Gasteiger partial charge in [0, 0.05) is 0 Å². The SMILES string of the molecule is [2H]c1c([2H])c(Oc2c(I)cc(C[C@H](N)C(=O)O)cc2I)c([2H])c(I)c1O. The van der Waals surface area contributed by atoms with Gasteiger partial charge in [0.1, 0.15) is 17.5 Å². The predicted molar refractivity (Wildman–Crippen MR) is 112 cm³/mol. The van der Waals surface area contributed by atoms with Crippen molar-refractivity contribution >= 4 is 73.7 Å². The standard InChI is InChI=1S/C15H12I3NO4/c16-9-6-8(1-2-13(9)20)23-14-10(17)3-7(4-11(14)18)5-12(19)15(21)22/h1-4,6,12,20H,5,19H2,(H,21,22)/t12-/m0/s1/i1D,2D,6D. The predicted octanol–water partition coefficient (Wildman–Crippen LogP) is 3.95. The molecule has 0 spiro atoms. The average Bonchev–Trinajstić information content (AvgIpc) is 2.57. The number of phenolic OH excluding ortho intramolecular Hbond substituents is 1. The Hall–Kier alpha value is -0.340. The maximum atomic E-state index is 10.9. The molecule has 0 heterocycles. The summed E-state index contributed by atoms with van der Waals surface area (Å²) in [5, 5.41) is 18.7. The topological polar surface area (TPSA) is 92.8 Å². The van der Waals surface area contributed by atoms with Gasteiger partial charge in [0.25, 0.3) is 0 Å². The third-order valence-corrected chi connectivity index (χ3v) is 5.14. The number of rotatable bonds is 5. The number of aliphatic carboxylic acids is 1. The van der Waals surface area contributed by atoms with Crippen LogP contribution in [-0.2, 0) is 11.2 Å². The number of carboxylic acid groups (broad SMARTS) is 1. The highest BCUT2D eigenvalue weighted by molar-refractivity contribution is 14.1. The third-order valence-electron chi connectivity index (χ3n) is 2.76. The van der Waals surface area contributed by atoms with Gasteiger partial charge in [-0.05, 0) is 110 Å². The van der Waals surface area contributed by atoms with E-state index in [1.807, 2.05) is 45.2 Å². The first-order valence-corrected chi connectivity index (χ1v) is 9.40. The Kier molecular flexibility index (Phi) is 5.31. The summed E-state index contributed by atoms with van der Waals surface area (Å²) in [6.45, 7) is 0. The summed E-state index contributed by atoms with van der Waals surface area (Å²) in [7, 11) is 0. The largest absolute Gasteiger partial charge is 0.507 e. The highest BCUT2D eigenvalue weighted by Gasteiger charge is 2.16. The number of aromatic hydroxyl groups is 1. The number of ether oxygens (including phenoxy) is 1. The van der Waals surface area contributed by atoms with E-state index in [9.17, 15) is 9.90 Å². The maximum absolute atomic E-state index is 10.9. The summed E-state index contributed by atoms with van der Waals surface area (Å²) in [4.78, 5) is 10.9. The van der Waals surface area contributed by atoms with Gasteiger partial charge in [0.2, 0.25) is 0 Å². The van der Waals surface area contributed by atoms with Crippen molar-refractivity contribution in [3.05, 3.63) is 46.5 Å². The van der Waals surface area contributed by atoms with Crippen LogP contribution in [0.2, 0.25) is 0 Å². The zero-order chi connectivity index (χ0) is 19.8. The molecule has 0 aromatic heterocycles. The minimum Gasteiger partial charge on any atom is -0.507 e. The van der Waals surface area contributed by atoms with Crippen molar-refractivity contribution in [1.82, 2.24) is 0 Å². The molecule has 122 valence electrons. The summed E-state index contributed by atoms with van der Waals surface area (Å²) >= 11 is 5.75. The second-order valence-electron chi connectivity index (χ2n) is 4.51. The molecule has 0 amide bonds. The number of hydrogen-bond acceptors (Lipinski definition) is 4. The van der Waals surface area contributed by atoms with E-state index in [1.54, 1.807) is 34.7 Å². The molecular weight excluding hydrogens is 639 g/mol. The van der Waals surface area contributed by atoms with E-state index in [2.05, 4.69) is 0 Å². The minimum atomic E-state index is -1.09. The molecule has 5 nitrogen and oxygen atoms in total. The van der Waals surface area contributed by atoms with Crippen molar-refractivity contribution in [2.45, 2.75) is 12.5 Å². The van der Waals surface area contributed by atoms with E-state index in [4.69, 9.17) is 19.7 Å². The van der Waals surface area contributed by atoms with Crippen LogP contribution in [0.3, 0.4) is 0 Å². The molecule has 0 saturated heterocycles. The first-order valence-electron chi connectivity index (χ1n) is 7.67. The fourth-order valence-electron chi connectivity index (χ4n) is 1.68. The van der Waals surface area contributed by atoms with Crippen molar-refractivity contribution in [2.75, 3.05) is 0 Å². The van der Waals surface area contributed by atoms with Crippen molar-refractivity contribution in [3.8, 4) is 17.2 Å². The van der Waals surface area contributed by atoms with E-state index < -0.39 is 23.8 Å². The van der Waals surface area contributed by atoms with Gasteiger partial charge in [0.05, 0.1) is 14.8 Å². The van der Waals surface area contributed by atoms with Crippen molar-refractivity contribution in [2.24, 2.45) is 5.73 Å². The van der Waals surface area contributed by atoms with E-state index in [0.29, 0.717) is 12.9 Å². The molecule has 8 heteroatoms. The molecule has 0 fully saturated rings. The van der Waals surface area contributed by atoms with Crippen molar-refractivity contribution in [3.63, 3.8) is 0 Å². The van der Waals surface area contributed by atoms with Crippen LogP contribution in [0.4, 0.5) is 0 Å². The van der Waals surface area contributed by atoms with Crippen LogP contribution in [0, 0.1) is 10.7 Å². The number of halogens is 3. The van der Waals surface area contributed by atoms with Gasteiger partial charge in [-0.3, -0.25) is 4.79 Å². The number of nitrogens with two attached hydrogens (primary N) is 1. The normalized spacial score (nSPS) is 13.8. The average molecular weight is 654 g/mol. The van der Waals surface area contributed by atoms with Gasteiger partial charge in [-0.1, -0.05) is 0 Å². The fourth-order valence-corrected chi connectivity index (χ4v) is 4.18. The summed E-state index contributed by atoms with van der Waals surface area (Å²) in [6, 6.07) is 1.47. The molecule has 23 heavy (non-hydrogen) atoms. The second-order valence-corrected chi connectivity index (χ2v) is 7.91. The molecule has 4 N–H and O–H groups in total. The Labute approximate surface area is 178 Å². The lowest BCUT2D eigenvalue weighted by atomic mass is 10.1. The second kappa shape index (κ2) is 8.16. The van der Waals surface area contributed by atoms with Crippen molar-refractivity contribution in [1.29, 1.82) is 0 Å². The van der Waals surface area contributed by atoms with Gasteiger partial charge in [-0.15, -0.1) is 0 Å². The van der Waals surface area contributed by atoms with E-state index >= 15 is 0 Å². The number of benzene rings is 2. The summed E-state index contributed by atoms with van der Waals surface area (Å²) in [6.07, 6.45) is 0.156. The summed E-state index contributed by atoms with van der Waals surface area (Å²) in [5.74, 6) is -1.24. The molecule has 0 aliphatic heterocycles. The minimum absolute atomic E-state index is 0.122. The zero-order valence-corrected chi connectivity index (χ0v) is 17.8. The van der Waals surface area contributed by atoms with E-state index in [-0.39, 0.29) is 27.8 Å². The van der Waals surface area contributed by atoms with Crippen LogP contribution in [0.1, 0.15) is 9.68 Å². The number of hydrogen-bond donors (Lipinski definition) is 3. The molecule has 0 saturated carbocycles. The maximum Gasteiger partial charge on any atom is 0.320 e. The fraction of sp³-hybridized carbons (Fsp3) is 0.133. The van der Waals surface area contributed by atoms with Crippen LogP contribution in [0.25, 0.3) is 0 Å². The van der Waals surface area contributed by atoms with Crippen LogP contribution in [0.5, 0.6) is 17.2 Å². The smallest absolute Gasteiger partial charge is 0.320 e. The van der Waals surface area contributed by atoms with Crippen LogP contribution in [0.15, 0.2) is 30.3 Å². The van der Waals surface area contributed by atoms with Crippen LogP contribution >= 0.6 is 67.8 Å². The molecule has 2 aromatic carbocycles. The van der Waals surface area contributed by atoms with Gasteiger partial charge < -0.3 is 20.7 Å². The molecule has 2 rings (SSSR count). The molecule has 0 unspecified atom stereocenters. The Morgan fingerprint density at radius 3 is 2.43 bits per heavy atom. The van der Waals surface area contributed by atoms with Crippen molar-refractivity contribution < 1.29 is 23.9 Å². The van der Waals surface area contributed by atoms with Gasteiger partial charge >= 0.3 is 5.97 Å². The van der Waals surface area contributed by atoms with Crippen LogP contribution < -0.4 is 10.5 Å². The highest BCUT2D eigenvalue weighted by atomic mass is 127. The van der Waals surface area contributed by atoms with E-state index in [0.717, 1.165) is 5.56 Å². The lowest BCUT2D eigenvalue weighted by Crippen LogP contribution is -2.32. The lowest BCUT2D eigenvalue weighted by Gasteiger charge is -2.13. The lowest BCUT2D eigenvalue weighted by molar-refractivity contribution is -0.138. The number of phenols is 1. The van der Waals surface area contributed by atoms with Crippen LogP contribution in [-0.4, -0.2) is 22.2 Å². The van der Waals surface area contributed by atoms with Gasteiger partial charge in [0.15, 0.2) is 5.75 Å². The zero-order valence-electron chi connectivity index (χ0n) is 14.4. The quantitative estimate of drug-likeness (QED) is 0.426.